The monoisotopic (exact) mass is 561 g/mol. The molecule has 1 heterocycles. The molecular weight excluding hydrogens is 526 g/mol. The van der Waals surface area contributed by atoms with Gasteiger partial charge in [-0.3, -0.25) is 9.59 Å². The van der Waals surface area contributed by atoms with E-state index >= 15 is 0 Å². The first-order valence-electron chi connectivity index (χ1n) is 13.3. The second-order valence-electron chi connectivity index (χ2n) is 10.8. The van der Waals surface area contributed by atoms with Crippen LogP contribution in [0.4, 0.5) is 10.7 Å². The van der Waals surface area contributed by atoms with Gasteiger partial charge in [0.05, 0.1) is 10.8 Å². The van der Waals surface area contributed by atoms with E-state index in [-0.39, 0.29) is 29.1 Å². The van der Waals surface area contributed by atoms with Crippen molar-refractivity contribution in [1.29, 1.82) is 5.26 Å². The maximum absolute atomic E-state index is 13.3. The summed E-state index contributed by atoms with van der Waals surface area (Å²) >= 11 is 3.00. The lowest BCUT2D eigenvalue weighted by atomic mass is 9.72. The van der Waals surface area contributed by atoms with Crippen LogP contribution in [0.2, 0.25) is 0 Å². The highest BCUT2D eigenvalue weighted by Crippen LogP contribution is 2.44. The van der Waals surface area contributed by atoms with Crippen LogP contribution in [-0.4, -0.2) is 23.7 Å². The number of thiophene rings is 1. The topological polar surface area (TPSA) is 91.2 Å². The molecule has 8 heteroatoms. The molecule has 0 saturated carbocycles. The van der Waals surface area contributed by atoms with Crippen molar-refractivity contribution >= 4 is 45.6 Å². The molecule has 0 radical (unpaired) electrons. The van der Waals surface area contributed by atoms with Crippen LogP contribution >= 0.6 is 23.1 Å². The molecule has 2 N–H and O–H groups in total. The SMILES string of the molecule is CCC(Sc1cccc(NC(=O)COc2ccccc2)c1)C(=O)Nc1sc2c(c1C#N)CCC(C(C)(C)C)C2. The number of hydrogen-bond donors (Lipinski definition) is 2. The smallest absolute Gasteiger partial charge is 0.262 e. The van der Waals surface area contributed by atoms with Crippen LogP contribution in [0, 0.1) is 22.7 Å². The van der Waals surface area contributed by atoms with Crippen molar-refractivity contribution in [3.8, 4) is 11.8 Å². The van der Waals surface area contributed by atoms with Crippen LogP contribution in [0.5, 0.6) is 5.75 Å². The normalized spacial score (nSPS) is 15.5. The summed E-state index contributed by atoms with van der Waals surface area (Å²) in [5.74, 6) is 0.824. The highest BCUT2D eigenvalue weighted by atomic mass is 32.2. The van der Waals surface area contributed by atoms with Crippen LogP contribution in [0.15, 0.2) is 59.5 Å². The van der Waals surface area contributed by atoms with E-state index in [1.165, 1.54) is 16.6 Å². The van der Waals surface area contributed by atoms with Gasteiger partial charge >= 0.3 is 0 Å². The Balaban J connectivity index is 1.38. The van der Waals surface area contributed by atoms with Crippen LogP contribution in [0.1, 0.15) is 56.5 Å². The summed E-state index contributed by atoms with van der Waals surface area (Å²) in [7, 11) is 0. The number of carbonyl (C=O) groups is 2. The molecule has 3 aromatic rings. The maximum Gasteiger partial charge on any atom is 0.262 e. The minimum atomic E-state index is -0.342. The lowest BCUT2D eigenvalue weighted by Crippen LogP contribution is -2.26. The maximum atomic E-state index is 13.3. The lowest BCUT2D eigenvalue weighted by Gasteiger charge is -2.33. The Labute approximate surface area is 239 Å². The average molecular weight is 562 g/mol. The van der Waals surface area contributed by atoms with E-state index in [1.807, 2.05) is 49.4 Å². The molecule has 1 aliphatic rings. The van der Waals surface area contributed by atoms with Gasteiger partial charge in [-0.1, -0.05) is 52.0 Å². The highest BCUT2D eigenvalue weighted by molar-refractivity contribution is 8.00. The third-order valence-electron chi connectivity index (χ3n) is 7.01. The number of nitriles is 1. The number of rotatable bonds is 9. The molecule has 0 saturated heterocycles. The van der Waals surface area contributed by atoms with Gasteiger partial charge in [-0.25, -0.2) is 0 Å². The third kappa shape index (κ3) is 7.43. The van der Waals surface area contributed by atoms with Crippen LogP contribution in [0.25, 0.3) is 0 Å². The fourth-order valence-electron chi connectivity index (χ4n) is 4.72. The van der Waals surface area contributed by atoms with E-state index in [0.29, 0.717) is 34.3 Å². The van der Waals surface area contributed by atoms with Gasteiger partial charge in [0.15, 0.2) is 6.61 Å². The van der Waals surface area contributed by atoms with E-state index in [0.717, 1.165) is 29.7 Å². The standard InChI is InChI=1S/C31H35N3O3S2/c1-5-26(29(36)34-30-25(18-32)24-15-14-20(31(2,3)4)16-27(24)39-30)38-23-13-9-10-21(17-23)33-28(35)19-37-22-11-7-6-8-12-22/h6-13,17,20,26H,5,14-16,19H2,1-4H3,(H,33,35)(H,34,36). The fraction of sp³-hybridized carbons (Fsp3) is 0.387. The highest BCUT2D eigenvalue weighted by Gasteiger charge is 2.33. The van der Waals surface area contributed by atoms with Crippen LogP contribution in [0.3, 0.4) is 0 Å². The van der Waals surface area contributed by atoms with Crippen molar-refractivity contribution in [3.05, 3.63) is 70.6 Å². The summed E-state index contributed by atoms with van der Waals surface area (Å²) in [6, 6.07) is 19.0. The number of nitrogens with zero attached hydrogens (tertiary/aromatic N) is 1. The number of nitrogens with one attached hydrogen (secondary N) is 2. The molecule has 2 amide bonds. The molecule has 39 heavy (non-hydrogen) atoms. The van der Waals surface area contributed by atoms with Gasteiger partial charge < -0.3 is 15.4 Å². The van der Waals surface area contributed by atoms with E-state index in [2.05, 4.69) is 37.5 Å². The molecule has 4 rings (SSSR count). The molecule has 2 unspecified atom stereocenters. The zero-order valence-corrected chi connectivity index (χ0v) is 24.5. The molecular formula is C31H35N3O3S2. The number of anilines is 2. The number of carbonyl (C=O) groups excluding carboxylic acids is 2. The van der Waals surface area contributed by atoms with E-state index < -0.39 is 0 Å². The predicted molar refractivity (Wildman–Crippen MR) is 160 cm³/mol. The zero-order valence-electron chi connectivity index (χ0n) is 22.9. The zero-order chi connectivity index (χ0) is 28.0. The molecule has 2 aromatic carbocycles. The summed E-state index contributed by atoms with van der Waals surface area (Å²) in [6.45, 7) is 8.69. The number of fused-ring (bicyclic) bond motifs is 1. The van der Waals surface area contributed by atoms with Gasteiger partial charge in [-0.15, -0.1) is 23.1 Å². The molecule has 1 aliphatic carbocycles. The molecule has 1 aromatic heterocycles. The van der Waals surface area contributed by atoms with E-state index in [9.17, 15) is 14.9 Å². The van der Waals surface area contributed by atoms with Crippen molar-refractivity contribution in [3.63, 3.8) is 0 Å². The van der Waals surface area contributed by atoms with E-state index in [1.54, 1.807) is 23.5 Å². The van der Waals surface area contributed by atoms with Crippen molar-refractivity contribution in [2.75, 3.05) is 17.2 Å². The molecule has 0 bridgehead atoms. The first-order chi connectivity index (χ1) is 18.7. The van der Waals surface area contributed by atoms with Gasteiger partial charge in [0, 0.05) is 15.5 Å². The molecule has 0 fully saturated rings. The summed E-state index contributed by atoms with van der Waals surface area (Å²) in [5, 5.41) is 16.2. The Hall–Kier alpha value is -3.28. The Bertz CT molecular complexity index is 1360. The lowest BCUT2D eigenvalue weighted by molar-refractivity contribution is -0.118. The Kier molecular flexibility index (Phi) is 9.36. The first-order valence-corrected chi connectivity index (χ1v) is 15.0. The number of amides is 2. The number of ether oxygens (including phenoxy) is 1. The number of thioether (sulfide) groups is 1. The summed E-state index contributed by atoms with van der Waals surface area (Å²) in [4.78, 5) is 27.8. The largest absolute Gasteiger partial charge is 0.484 e. The quantitative estimate of drug-likeness (QED) is 0.268. The van der Waals surface area contributed by atoms with Crippen LogP contribution < -0.4 is 15.4 Å². The van der Waals surface area contributed by atoms with Gasteiger partial charge in [-0.05, 0) is 72.9 Å². The molecule has 6 nitrogen and oxygen atoms in total. The predicted octanol–water partition coefficient (Wildman–Crippen LogP) is 7.30. The van der Waals surface area contributed by atoms with Crippen molar-refractivity contribution in [2.45, 2.75) is 63.5 Å². The second-order valence-corrected chi connectivity index (χ2v) is 13.2. The molecule has 204 valence electrons. The summed E-state index contributed by atoms with van der Waals surface area (Å²) in [6.07, 6.45) is 3.52. The van der Waals surface area contributed by atoms with Crippen molar-refractivity contribution in [2.24, 2.45) is 11.3 Å². The summed E-state index contributed by atoms with van der Waals surface area (Å²) < 4.78 is 5.52. The number of hydrogen-bond acceptors (Lipinski definition) is 6. The minimum absolute atomic E-state index is 0.0934. The van der Waals surface area contributed by atoms with Crippen LogP contribution in [-0.2, 0) is 22.4 Å². The first kappa shape index (κ1) is 28.7. The summed E-state index contributed by atoms with van der Waals surface area (Å²) in [5.41, 5.74) is 2.59. The Morgan fingerprint density at radius 3 is 2.62 bits per heavy atom. The van der Waals surface area contributed by atoms with Gasteiger partial charge in [0.2, 0.25) is 5.91 Å². The second kappa shape index (κ2) is 12.7. The number of para-hydroxylation sites is 1. The van der Waals surface area contributed by atoms with Gasteiger partial charge in [0.25, 0.3) is 5.91 Å². The number of benzene rings is 2. The Morgan fingerprint density at radius 1 is 1.15 bits per heavy atom. The van der Waals surface area contributed by atoms with Gasteiger partial charge in [-0.2, -0.15) is 5.26 Å². The fourth-order valence-corrected chi connectivity index (χ4v) is 7.01. The molecule has 0 spiro atoms. The minimum Gasteiger partial charge on any atom is -0.484 e. The van der Waals surface area contributed by atoms with Gasteiger partial charge in [0.1, 0.15) is 16.8 Å². The van der Waals surface area contributed by atoms with E-state index in [4.69, 9.17) is 4.74 Å². The van der Waals surface area contributed by atoms with Crippen molar-refractivity contribution in [1.82, 2.24) is 0 Å². The molecule has 0 aliphatic heterocycles. The Morgan fingerprint density at radius 2 is 1.92 bits per heavy atom. The molecule has 2 atom stereocenters. The average Bonchev–Trinajstić information content (AvgIpc) is 3.27. The third-order valence-corrected chi connectivity index (χ3v) is 9.54. The van der Waals surface area contributed by atoms with Crippen molar-refractivity contribution < 1.29 is 14.3 Å².